The number of nitrogens with zero attached hydrogens (tertiary/aromatic N) is 1. The van der Waals surface area contributed by atoms with Crippen LogP contribution in [0.4, 0.5) is 0 Å². The van der Waals surface area contributed by atoms with Gasteiger partial charge in [-0.15, -0.1) is 11.3 Å². The van der Waals surface area contributed by atoms with Gasteiger partial charge in [0.05, 0.1) is 34.7 Å². The molecule has 6 atom stereocenters. The molecule has 0 bridgehead atoms. The number of Topliss-reactive ketones (excluding diaryl/α,β-unsaturated/α-hetero) is 1. The highest BCUT2D eigenvalue weighted by Gasteiger charge is 2.42. The van der Waals surface area contributed by atoms with Gasteiger partial charge < -0.3 is 20.1 Å². The summed E-state index contributed by atoms with van der Waals surface area (Å²) in [5.74, 6) is -1.81. The highest BCUT2D eigenvalue weighted by molar-refractivity contribution is 7.09. The number of aromatic nitrogens is 1. The van der Waals surface area contributed by atoms with Crippen LogP contribution in [0.15, 0.2) is 23.1 Å². The highest BCUT2D eigenvalue weighted by atomic mass is 32.1. The second-order valence-corrected chi connectivity index (χ2v) is 11.1. The van der Waals surface area contributed by atoms with Gasteiger partial charge >= 0.3 is 5.97 Å². The minimum absolute atomic E-state index is 0.109. The fourth-order valence-electron chi connectivity index (χ4n) is 4.26. The molecule has 34 heavy (non-hydrogen) atoms. The summed E-state index contributed by atoms with van der Waals surface area (Å²) >= 11 is 1.50. The molecule has 7 nitrogen and oxygen atoms in total. The van der Waals surface area contributed by atoms with Crippen LogP contribution in [0.5, 0.6) is 0 Å². The van der Waals surface area contributed by atoms with Crippen molar-refractivity contribution in [2.75, 3.05) is 0 Å². The van der Waals surface area contributed by atoms with E-state index in [9.17, 15) is 24.9 Å². The van der Waals surface area contributed by atoms with E-state index in [1.165, 1.54) is 11.3 Å². The monoisotopic (exact) mass is 493 g/mol. The normalized spacial score (nSPS) is 32.4. The lowest BCUT2D eigenvalue weighted by Crippen LogP contribution is -2.46. The second-order valence-electron chi connectivity index (χ2n) is 10.0. The molecular weight excluding hydrogens is 454 g/mol. The van der Waals surface area contributed by atoms with E-state index in [0.29, 0.717) is 24.1 Å². The average Bonchev–Trinajstić information content (AvgIpc) is 3.18. The van der Waals surface area contributed by atoms with Crippen LogP contribution in [-0.2, 0) is 14.3 Å². The molecule has 0 saturated heterocycles. The maximum atomic E-state index is 13.1. The van der Waals surface area contributed by atoms with Crippen LogP contribution >= 0.6 is 11.3 Å². The van der Waals surface area contributed by atoms with Crippen LogP contribution in [0.3, 0.4) is 0 Å². The van der Waals surface area contributed by atoms with Crippen molar-refractivity contribution < 1.29 is 29.6 Å². The van der Waals surface area contributed by atoms with Crippen LogP contribution < -0.4 is 0 Å². The number of aliphatic hydroxyl groups is 3. The lowest BCUT2D eigenvalue weighted by Gasteiger charge is -2.34. The fraction of sp³-hybridized carbons (Fsp3) is 0.654. The van der Waals surface area contributed by atoms with Crippen LogP contribution in [0.25, 0.3) is 6.08 Å². The molecule has 0 spiro atoms. The van der Waals surface area contributed by atoms with Crippen molar-refractivity contribution in [2.24, 2.45) is 17.3 Å². The Hall–Kier alpha value is -1.87. The third-order valence-electron chi connectivity index (χ3n) is 6.73. The number of ketones is 1. The van der Waals surface area contributed by atoms with Gasteiger partial charge in [-0.05, 0) is 50.7 Å². The minimum Gasteiger partial charge on any atom is -0.455 e. The Bertz CT molecular complexity index is 905. The van der Waals surface area contributed by atoms with Crippen LogP contribution in [0.2, 0.25) is 0 Å². The van der Waals surface area contributed by atoms with Gasteiger partial charge in [0.1, 0.15) is 11.9 Å². The SMILES string of the molecule is CC(=Cc1csc(C)n1)[C@H]1OC(=O)C[C@H](O)C(C)(C)C(=O)[C@H](C)[C@@H](O)[C@@H](C)CCCC=C[C@@H]1O. The maximum absolute atomic E-state index is 13.1. The third kappa shape index (κ3) is 7.31. The molecule has 3 N–H and O–H groups in total. The van der Waals surface area contributed by atoms with Gasteiger partial charge in [-0.1, -0.05) is 39.8 Å². The first-order valence-electron chi connectivity index (χ1n) is 11.9. The number of ether oxygens (including phenoxy) is 1. The quantitative estimate of drug-likeness (QED) is 0.423. The van der Waals surface area contributed by atoms with Gasteiger partial charge in [0, 0.05) is 11.3 Å². The number of esters is 1. The molecule has 2 heterocycles. The molecular formula is C26H39NO6S. The first kappa shape index (κ1) is 28.4. The number of aryl methyl sites for hydroxylation is 1. The zero-order valence-corrected chi connectivity index (χ0v) is 21.8. The molecule has 8 heteroatoms. The first-order chi connectivity index (χ1) is 15.8. The van der Waals surface area contributed by atoms with Gasteiger partial charge in [-0.25, -0.2) is 4.98 Å². The van der Waals surface area contributed by atoms with Gasteiger partial charge in [-0.3, -0.25) is 9.59 Å². The molecule has 0 aromatic carbocycles. The summed E-state index contributed by atoms with van der Waals surface area (Å²) in [4.78, 5) is 30.3. The summed E-state index contributed by atoms with van der Waals surface area (Å²) in [6.45, 7) is 10.4. The summed E-state index contributed by atoms with van der Waals surface area (Å²) in [5.41, 5.74) is 0.0764. The summed E-state index contributed by atoms with van der Waals surface area (Å²) in [6.07, 6.45) is 2.78. The Kier molecular flexibility index (Phi) is 10.2. The molecule has 1 aromatic heterocycles. The first-order valence-corrected chi connectivity index (χ1v) is 12.8. The Labute approximate surface area is 206 Å². The number of thiazole rings is 1. The number of rotatable bonds is 2. The lowest BCUT2D eigenvalue weighted by molar-refractivity contribution is -0.157. The van der Waals surface area contributed by atoms with E-state index in [-0.39, 0.29) is 11.7 Å². The third-order valence-corrected chi connectivity index (χ3v) is 7.52. The smallest absolute Gasteiger partial charge is 0.309 e. The lowest BCUT2D eigenvalue weighted by atomic mass is 9.73. The minimum atomic E-state index is -1.30. The van der Waals surface area contributed by atoms with E-state index in [4.69, 9.17) is 4.74 Å². The van der Waals surface area contributed by atoms with E-state index >= 15 is 0 Å². The van der Waals surface area contributed by atoms with E-state index in [1.807, 2.05) is 25.3 Å². The maximum Gasteiger partial charge on any atom is 0.309 e. The van der Waals surface area contributed by atoms with Gasteiger partial charge in [0.2, 0.25) is 0 Å². The predicted molar refractivity (Wildman–Crippen MR) is 133 cm³/mol. The van der Waals surface area contributed by atoms with E-state index in [0.717, 1.165) is 11.4 Å². The molecule has 0 unspecified atom stereocenters. The van der Waals surface area contributed by atoms with Crippen molar-refractivity contribution in [1.82, 2.24) is 4.98 Å². The molecule has 0 aliphatic carbocycles. The van der Waals surface area contributed by atoms with E-state index in [2.05, 4.69) is 4.98 Å². The van der Waals surface area contributed by atoms with Crippen molar-refractivity contribution in [1.29, 1.82) is 0 Å². The van der Waals surface area contributed by atoms with Gasteiger partial charge in [-0.2, -0.15) is 0 Å². The van der Waals surface area contributed by atoms with E-state index < -0.39 is 48.1 Å². The fourth-order valence-corrected chi connectivity index (χ4v) is 4.83. The van der Waals surface area contributed by atoms with Crippen LogP contribution in [0, 0.1) is 24.2 Å². The van der Waals surface area contributed by atoms with Crippen LogP contribution in [0.1, 0.15) is 71.0 Å². The number of allylic oxidation sites excluding steroid dienone is 1. The molecule has 2 rings (SSSR count). The molecule has 1 aliphatic rings. The van der Waals surface area contributed by atoms with Crippen molar-refractivity contribution in [3.8, 4) is 0 Å². The second kappa shape index (κ2) is 12.2. The van der Waals surface area contributed by atoms with E-state index in [1.54, 1.807) is 39.8 Å². The number of carbonyl (C=O) groups excluding carboxylic acids is 2. The molecule has 0 fully saturated rings. The predicted octanol–water partition coefficient (Wildman–Crippen LogP) is 3.85. The molecule has 0 radical (unpaired) electrons. The molecule has 0 amide bonds. The Balaban J connectivity index is 2.34. The summed E-state index contributed by atoms with van der Waals surface area (Å²) < 4.78 is 5.61. The number of aliphatic hydroxyl groups excluding tert-OH is 3. The summed E-state index contributed by atoms with van der Waals surface area (Å²) in [5, 5.41) is 35.1. The van der Waals surface area contributed by atoms with Crippen molar-refractivity contribution in [3.63, 3.8) is 0 Å². The van der Waals surface area contributed by atoms with Crippen molar-refractivity contribution >= 4 is 29.2 Å². The molecule has 190 valence electrons. The van der Waals surface area contributed by atoms with Crippen molar-refractivity contribution in [3.05, 3.63) is 33.8 Å². The molecule has 1 aromatic rings. The number of carbonyl (C=O) groups is 2. The summed E-state index contributed by atoms with van der Waals surface area (Å²) in [7, 11) is 0. The topological polar surface area (TPSA) is 117 Å². The van der Waals surface area contributed by atoms with Crippen molar-refractivity contribution in [2.45, 2.75) is 91.6 Å². The Morgan fingerprint density at radius 1 is 1.24 bits per heavy atom. The molecule has 0 saturated carbocycles. The highest BCUT2D eigenvalue weighted by Crippen LogP contribution is 2.32. The number of hydrogen-bond acceptors (Lipinski definition) is 8. The largest absolute Gasteiger partial charge is 0.455 e. The number of cyclic esters (lactones) is 1. The number of hydrogen-bond donors (Lipinski definition) is 3. The Morgan fingerprint density at radius 3 is 2.53 bits per heavy atom. The zero-order valence-electron chi connectivity index (χ0n) is 21.0. The summed E-state index contributed by atoms with van der Waals surface area (Å²) in [6, 6.07) is 0. The van der Waals surface area contributed by atoms with Gasteiger partial charge in [0.15, 0.2) is 6.10 Å². The Morgan fingerprint density at radius 2 is 1.91 bits per heavy atom. The van der Waals surface area contributed by atoms with Crippen LogP contribution in [-0.4, -0.2) is 56.5 Å². The average molecular weight is 494 g/mol. The molecule has 1 aliphatic heterocycles. The van der Waals surface area contributed by atoms with Gasteiger partial charge in [0.25, 0.3) is 0 Å². The standard InChI is InChI=1S/C26H39NO6S/c1-15-10-8-7-9-11-20(28)24(16(2)12-19-14-34-18(4)27-19)33-22(30)13-21(29)26(5,6)25(32)17(3)23(15)31/h9,11-12,14-15,17,20-21,23-24,28-29,31H,7-8,10,13H2,1-6H3/t15-,17+,20-,21-,23-,24+/m0/s1. The zero-order chi connectivity index (χ0) is 25.6.